The van der Waals surface area contributed by atoms with E-state index >= 15 is 0 Å². The predicted molar refractivity (Wildman–Crippen MR) is 122 cm³/mol. The van der Waals surface area contributed by atoms with E-state index in [4.69, 9.17) is 28.8 Å². The van der Waals surface area contributed by atoms with Crippen molar-refractivity contribution in [2.75, 3.05) is 18.0 Å². The normalized spacial score (nSPS) is 10.2. The van der Waals surface area contributed by atoms with E-state index in [1.54, 1.807) is 0 Å². The first-order valence-corrected chi connectivity index (χ1v) is 10.1. The third-order valence-corrected chi connectivity index (χ3v) is 3.64. The Morgan fingerprint density at radius 2 is 1.66 bits per heavy atom. The van der Waals surface area contributed by atoms with Crippen molar-refractivity contribution in [1.82, 2.24) is 15.3 Å². The summed E-state index contributed by atoms with van der Waals surface area (Å²) in [4.78, 5) is 23.7. The lowest BCUT2D eigenvalue weighted by atomic mass is 10.1. The molecule has 1 aromatic heterocycles. The van der Waals surface area contributed by atoms with E-state index in [1.807, 2.05) is 45.9 Å². The number of carbonyl (C=O) groups is 1. The minimum Gasteiger partial charge on any atom is -0.382 e. The van der Waals surface area contributed by atoms with Crippen LogP contribution in [0.25, 0.3) is 0 Å². The van der Waals surface area contributed by atoms with Crippen molar-refractivity contribution in [2.45, 2.75) is 47.0 Å². The molecule has 7 N–H and O–H groups in total. The van der Waals surface area contributed by atoms with Gasteiger partial charge in [-0.15, -0.1) is 0 Å². The fourth-order valence-electron chi connectivity index (χ4n) is 2.11. The van der Waals surface area contributed by atoms with Gasteiger partial charge in [0.05, 0.1) is 0 Å². The Labute approximate surface area is 178 Å². The van der Waals surface area contributed by atoms with Gasteiger partial charge in [-0.3, -0.25) is 15.1 Å². The number of guanidine groups is 1. The third kappa shape index (κ3) is 9.75. The average Bonchev–Trinajstić information content (AvgIpc) is 2.74. The zero-order valence-electron chi connectivity index (χ0n) is 17.6. The summed E-state index contributed by atoms with van der Waals surface area (Å²) in [7, 11) is 0. The van der Waals surface area contributed by atoms with Gasteiger partial charge in [-0.25, -0.2) is 9.97 Å². The Kier molecular flexibility index (Phi) is 13.6. The van der Waals surface area contributed by atoms with Gasteiger partial charge in [0.25, 0.3) is 5.91 Å². The maximum atomic E-state index is 12.1. The van der Waals surface area contributed by atoms with Gasteiger partial charge in [-0.2, -0.15) is 0 Å². The van der Waals surface area contributed by atoms with Crippen LogP contribution in [0.15, 0.2) is 35.3 Å². The second-order valence-corrected chi connectivity index (χ2v) is 5.66. The van der Waals surface area contributed by atoms with Crippen molar-refractivity contribution >= 4 is 35.1 Å². The molecule has 160 valence electrons. The van der Waals surface area contributed by atoms with E-state index in [9.17, 15) is 4.79 Å². The molecule has 0 unspecified atom stereocenters. The fraction of sp³-hybridized carbons (Fsp3) is 0.400. The lowest BCUT2D eigenvalue weighted by Gasteiger charge is -2.07. The molecule has 0 fully saturated rings. The Hall–Kier alpha value is -2.87. The van der Waals surface area contributed by atoms with Crippen LogP contribution >= 0.6 is 11.6 Å². The number of aliphatic imine (C=N–C) groups is 1. The molecule has 2 aromatic rings. The first-order chi connectivity index (χ1) is 14.0. The zero-order chi connectivity index (χ0) is 22.2. The molecule has 0 atom stereocenters. The van der Waals surface area contributed by atoms with Crippen LogP contribution in [0.4, 0.5) is 11.6 Å². The van der Waals surface area contributed by atoms with Gasteiger partial charge < -0.3 is 17.2 Å². The SMILES string of the molecule is CC.CC.NC(=NCCCCc1ccccc1)NC(=O)c1nc(Cl)c(N)nc1N. The average molecular weight is 422 g/mol. The summed E-state index contributed by atoms with van der Waals surface area (Å²) in [5.74, 6) is -0.831. The van der Waals surface area contributed by atoms with Gasteiger partial charge in [-0.1, -0.05) is 69.6 Å². The highest BCUT2D eigenvalue weighted by molar-refractivity contribution is 6.31. The van der Waals surface area contributed by atoms with Crippen LogP contribution in [0.2, 0.25) is 5.15 Å². The molecular weight excluding hydrogens is 390 g/mol. The van der Waals surface area contributed by atoms with Crippen molar-refractivity contribution in [2.24, 2.45) is 10.7 Å². The molecular formula is C20H32ClN7O. The summed E-state index contributed by atoms with van der Waals surface area (Å²) in [5, 5.41) is 2.30. The van der Waals surface area contributed by atoms with Gasteiger partial charge >= 0.3 is 0 Å². The summed E-state index contributed by atoms with van der Waals surface area (Å²) in [5.41, 5.74) is 17.9. The van der Waals surface area contributed by atoms with Crippen LogP contribution in [0.3, 0.4) is 0 Å². The van der Waals surface area contributed by atoms with E-state index in [0.29, 0.717) is 6.54 Å². The molecule has 1 amide bonds. The van der Waals surface area contributed by atoms with E-state index in [-0.39, 0.29) is 28.4 Å². The number of benzene rings is 1. The molecule has 9 heteroatoms. The predicted octanol–water partition coefficient (Wildman–Crippen LogP) is 3.41. The van der Waals surface area contributed by atoms with Crippen molar-refractivity contribution in [3.8, 4) is 0 Å². The zero-order valence-corrected chi connectivity index (χ0v) is 18.3. The Bertz CT molecular complexity index is 767. The van der Waals surface area contributed by atoms with Gasteiger partial charge in [0.15, 0.2) is 28.4 Å². The lowest BCUT2D eigenvalue weighted by Crippen LogP contribution is -2.38. The number of anilines is 2. The van der Waals surface area contributed by atoms with E-state index in [0.717, 1.165) is 19.3 Å². The number of aromatic nitrogens is 2. The smallest absolute Gasteiger partial charge is 0.280 e. The van der Waals surface area contributed by atoms with Gasteiger partial charge in [-0.05, 0) is 24.8 Å². The second-order valence-electron chi connectivity index (χ2n) is 5.30. The Morgan fingerprint density at radius 3 is 2.28 bits per heavy atom. The number of nitrogens with two attached hydrogens (primary N) is 3. The number of hydrogen-bond donors (Lipinski definition) is 4. The van der Waals surface area contributed by atoms with Crippen LogP contribution in [-0.2, 0) is 6.42 Å². The maximum Gasteiger partial charge on any atom is 0.280 e. The van der Waals surface area contributed by atoms with Gasteiger partial charge in [0, 0.05) is 6.54 Å². The number of unbranched alkanes of at least 4 members (excludes halogenated alkanes) is 1. The highest BCUT2D eigenvalue weighted by atomic mass is 35.5. The number of nitrogens with one attached hydrogen (secondary N) is 1. The molecule has 0 saturated heterocycles. The quantitative estimate of drug-likeness (QED) is 0.319. The topological polar surface area (TPSA) is 145 Å². The van der Waals surface area contributed by atoms with Crippen molar-refractivity contribution in [3.05, 3.63) is 46.7 Å². The summed E-state index contributed by atoms with van der Waals surface area (Å²) < 4.78 is 0. The van der Waals surface area contributed by atoms with Gasteiger partial charge in [0.1, 0.15) is 0 Å². The van der Waals surface area contributed by atoms with Crippen LogP contribution in [0, 0.1) is 0 Å². The highest BCUT2D eigenvalue weighted by Gasteiger charge is 2.16. The number of nitrogen functional groups attached to an aromatic ring is 2. The maximum absolute atomic E-state index is 12.1. The van der Waals surface area contributed by atoms with E-state index in [2.05, 4.69) is 32.4 Å². The number of carbonyl (C=O) groups excluding carboxylic acids is 1. The van der Waals surface area contributed by atoms with Crippen molar-refractivity contribution in [1.29, 1.82) is 0 Å². The molecule has 2 rings (SSSR count). The minimum atomic E-state index is -0.641. The highest BCUT2D eigenvalue weighted by Crippen LogP contribution is 2.17. The summed E-state index contributed by atoms with van der Waals surface area (Å²) in [6, 6.07) is 10.2. The summed E-state index contributed by atoms with van der Waals surface area (Å²) in [6.07, 6.45) is 2.79. The first kappa shape index (κ1) is 26.1. The number of amides is 1. The Balaban J connectivity index is 0.00000184. The molecule has 0 aliphatic rings. The van der Waals surface area contributed by atoms with Crippen LogP contribution in [0.5, 0.6) is 0 Å². The van der Waals surface area contributed by atoms with Crippen LogP contribution in [-0.4, -0.2) is 28.4 Å². The van der Waals surface area contributed by atoms with Crippen molar-refractivity contribution in [3.63, 3.8) is 0 Å². The van der Waals surface area contributed by atoms with E-state index < -0.39 is 5.91 Å². The molecule has 1 aromatic carbocycles. The number of nitrogens with zero attached hydrogens (tertiary/aromatic N) is 3. The summed E-state index contributed by atoms with van der Waals surface area (Å²) in [6.45, 7) is 8.50. The molecule has 0 aliphatic carbocycles. The largest absolute Gasteiger partial charge is 0.382 e. The number of halogens is 1. The molecule has 29 heavy (non-hydrogen) atoms. The Morgan fingerprint density at radius 1 is 1.03 bits per heavy atom. The van der Waals surface area contributed by atoms with Crippen LogP contribution in [0.1, 0.15) is 56.6 Å². The molecule has 0 aliphatic heterocycles. The van der Waals surface area contributed by atoms with Crippen LogP contribution < -0.4 is 22.5 Å². The molecule has 8 nitrogen and oxygen atoms in total. The monoisotopic (exact) mass is 421 g/mol. The molecule has 0 spiro atoms. The molecule has 0 radical (unpaired) electrons. The number of hydrogen-bond acceptors (Lipinski definition) is 6. The third-order valence-electron chi connectivity index (χ3n) is 3.36. The lowest BCUT2D eigenvalue weighted by molar-refractivity contribution is 0.0972. The molecule has 0 bridgehead atoms. The second kappa shape index (κ2) is 15.1. The molecule has 0 saturated carbocycles. The summed E-state index contributed by atoms with van der Waals surface area (Å²) >= 11 is 5.74. The fourth-order valence-corrected chi connectivity index (χ4v) is 2.24. The first-order valence-electron chi connectivity index (χ1n) is 9.71. The minimum absolute atomic E-state index is 0.0149. The number of rotatable bonds is 6. The number of aryl methyl sites for hydroxylation is 1. The van der Waals surface area contributed by atoms with E-state index in [1.165, 1.54) is 5.56 Å². The van der Waals surface area contributed by atoms with Gasteiger partial charge in [0.2, 0.25) is 0 Å². The van der Waals surface area contributed by atoms with Crippen molar-refractivity contribution < 1.29 is 4.79 Å². The standard InChI is InChI=1S/C16H20ClN7O.2C2H6/c17-12-14(19)23-13(18)11(22-12)15(25)24-16(20)21-9-5-4-8-10-6-2-1-3-7-10;2*1-2/h1-3,6-7H,4-5,8-9H2,(H4,18,19,23)(H3,20,21,24,25);2*1-2H3. The molecule has 1 heterocycles.